The minimum Gasteiger partial charge on any atom is -0.457 e. The fraction of sp³-hybridized carbons (Fsp3) is 0.152. The smallest absolute Gasteiger partial charge is 0.411 e. The summed E-state index contributed by atoms with van der Waals surface area (Å²) in [6, 6.07) is 23.7. The number of carbonyl (C=O) groups is 4. The maximum absolute atomic E-state index is 13.7. The number of nitrogens with one attached hydrogen (secondary N) is 2. The molecule has 0 aliphatic carbocycles. The summed E-state index contributed by atoms with van der Waals surface area (Å²) in [5, 5.41) is 4.94. The Bertz CT molecular complexity index is 1740. The van der Waals surface area contributed by atoms with E-state index in [9.17, 15) is 23.6 Å². The number of hydrogen-bond acceptors (Lipinski definition) is 7. The van der Waals surface area contributed by atoms with Crippen molar-refractivity contribution in [2.24, 2.45) is 0 Å². The molecule has 1 unspecified atom stereocenters. The molecule has 4 aromatic rings. The number of anilines is 1. The molecule has 0 aromatic heterocycles. The van der Waals surface area contributed by atoms with Gasteiger partial charge in [0.1, 0.15) is 41.5 Å². The first-order valence-electron chi connectivity index (χ1n) is 13.8. The Balaban J connectivity index is 1.16. The summed E-state index contributed by atoms with van der Waals surface area (Å²) in [5.41, 5.74) is 1.81. The second-order valence-corrected chi connectivity index (χ2v) is 10.2. The van der Waals surface area contributed by atoms with Gasteiger partial charge >= 0.3 is 6.09 Å². The lowest BCUT2D eigenvalue weighted by molar-refractivity contribution is -0.136. The van der Waals surface area contributed by atoms with Crippen LogP contribution in [0.5, 0.6) is 23.0 Å². The van der Waals surface area contributed by atoms with E-state index >= 15 is 0 Å². The lowest BCUT2D eigenvalue weighted by Crippen LogP contribution is -2.52. The SMILES string of the molecule is O=C1CCC(N2Cc3ccc(COC(=O)Nc4ccc(Oc5cccc(F)c5)cc4)c(Oc4ccccc4)c3C2=O)C(=O)N1. The van der Waals surface area contributed by atoms with Gasteiger partial charge in [-0.2, -0.15) is 0 Å². The highest BCUT2D eigenvalue weighted by atomic mass is 19.1. The fourth-order valence-corrected chi connectivity index (χ4v) is 5.07. The van der Waals surface area contributed by atoms with Crippen molar-refractivity contribution in [3.8, 4) is 23.0 Å². The molecule has 6 rings (SSSR count). The first-order chi connectivity index (χ1) is 21.3. The Kier molecular flexibility index (Phi) is 7.92. The number of halogens is 1. The molecule has 222 valence electrons. The summed E-state index contributed by atoms with van der Waals surface area (Å²) >= 11 is 0. The summed E-state index contributed by atoms with van der Waals surface area (Å²) in [6.45, 7) is -0.0418. The number of nitrogens with zero attached hydrogens (tertiary/aromatic N) is 1. The summed E-state index contributed by atoms with van der Waals surface area (Å²) in [4.78, 5) is 52.0. The van der Waals surface area contributed by atoms with Crippen LogP contribution >= 0.6 is 0 Å². The predicted molar refractivity (Wildman–Crippen MR) is 156 cm³/mol. The molecule has 2 heterocycles. The van der Waals surface area contributed by atoms with Crippen molar-refractivity contribution in [1.29, 1.82) is 0 Å². The minimum atomic E-state index is -0.784. The Labute approximate surface area is 251 Å². The monoisotopic (exact) mass is 595 g/mol. The van der Waals surface area contributed by atoms with E-state index in [4.69, 9.17) is 14.2 Å². The highest BCUT2D eigenvalue weighted by molar-refractivity contribution is 6.06. The van der Waals surface area contributed by atoms with Gasteiger partial charge in [0.05, 0.1) is 5.56 Å². The first kappa shape index (κ1) is 28.4. The van der Waals surface area contributed by atoms with Gasteiger partial charge in [-0.3, -0.25) is 25.0 Å². The largest absolute Gasteiger partial charge is 0.457 e. The number of piperidine rings is 1. The topological polar surface area (TPSA) is 123 Å². The van der Waals surface area contributed by atoms with Gasteiger partial charge in [-0.1, -0.05) is 36.4 Å². The maximum Gasteiger partial charge on any atom is 0.411 e. The lowest BCUT2D eigenvalue weighted by Gasteiger charge is -2.29. The third-order valence-electron chi connectivity index (χ3n) is 7.18. The van der Waals surface area contributed by atoms with Crippen molar-refractivity contribution in [2.45, 2.75) is 32.0 Å². The zero-order valence-corrected chi connectivity index (χ0v) is 23.2. The molecule has 4 amide bonds. The van der Waals surface area contributed by atoms with Crippen molar-refractivity contribution in [3.05, 3.63) is 114 Å². The van der Waals surface area contributed by atoms with Crippen LogP contribution in [0, 0.1) is 5.82 Å². The molecule has 2 N–H and O–H groups in total. The fourth-order valence-electron chi connectivity index (χ4n) is 5.07. The molecule has 44 heavy (non-hydrogen) atoms. The number of fused-ring (bicyclic) bond motifs is 1. The number of para-hydroxylation sites is 1. The Morgan fingerprint density at radius 1 is 0.886 bits per heavy atom. The summed E-state index contributed by atoms with van der Waals surface area (Å²) in [6.07, 6.45) is -0.375. The summed E-state index contributed by atoms with van der Waals surface area (Å²) in [7, 11) is 0. The van der Waals surface area contributed by atoms with Gasteiger partial charge in [0.25, 0.3) is 5.91 Å². The highest BCUT2D eigenvalue weighted by Crippen LogP contribution is 2.39. The molecule has 2 aliphatic heterocycles. The van der Waals surface area contributed by atoms with Gasteiger partial charge in [-0.25, -0.2) is 9.18 Å². The molecule has 11 heteroatoms. The second kappa shape index (κ2) is 12.3. The molecule has 4 aromatic carbocycles. The second-order valence-electron chi connectivity index (χ2n) is 10.2. The summed E-state index contributed by atoms with van der Waals surface area (Å²) in [5.74, 6) is -0.221. The van der Waals surface area contributed by atoms with E-state index in [0.29, 0.717) is 34.1 Å². The van der Waals surface area contributed by atoms with E-state index in [1.807, 2.05) is 6.07 Å². The van der Waals surface area contributed by atoms with Gasteiger partial charge in [0, 0.05) is 30.3 Å². The molecule has 1 fully saturated rings. The van der Waals surface area contributed by atoms with E-state index in [-0.39, 0.29) is 43.2 Å². The number of rotatable bonds is 8. The number of amides is 4. The summed E-state index contributed by atoms with van der Waals surface area (Å²) < 4.78 is 30.7. The molecular formula is C33H26FN3O7. The maximum atomic E-state index is 13.7. The van der Waals surface area contributed by atoms with E-state index in [2.05, 4.69) is 10.6 Å². The standard InChI is InChI=1S/C33H26FN3O7/c34-22-5-4-8-26(17-22)43-25-13-11-23(12-14-25)35-33(41)42-19-21-10-9-20-18-37(27-15-16-28(38)36-31(27)39)32(40)29(20)30(21)44-24-6-2-1-3-7-24/h1-14,17,27H,15-16,18-19H2,(H,35,41)(H,36,38,39). The van der Waals surface area contributed by atoms with E-state index in [0.717, 1.165) is 0 Å². The van der Waals surface area contributed by atoms with Crippen molar-refractivity contribution in [2.75, 3.05) is 5.32 Å². The van der Waals surface area contributed by atoms with Crippen LogP contribution in [-0.2, 0) is 27.5 Å². The number of carbonyl (C=O) groups excluding carboxylic acids is 4. The normalized spacial score (nSPS) is 15.8. The molecule has 0 radical (unpaired) electrons. The first-order valence-corrected chi connectivity index (χ1v) is 13.8. The third-order valence-corrected chi connectivity index (χ3v) is 7.18. The quantitative estimate of drug-likeness (QED) is 0.243. The van der Waals surface area contributed by atoms with Crippen molar-refractivity contribution in [3.63, 3.8) is 0 Å². The molecule has 1 atom stereocenters. The van der Waals surface area contributed by atoms with Crippen LogP contribution in [0.1, 0.15) is 34.3 Å². The molecule has 0 saturated carbocycles. The van der Waals surface area contributed by atoms with Crippen molar-refractivity contribution < 1.29 is 37.8 Å². The zero-order valence-electron chi connectivity index (χ0n) is 23.2. The van der Waals surface area contributed by atoms with Gasteiger partial charge in [0.15, 0.2) is 0 Å². The third kappa shape index (κ3) is 6.21. The van der Waals surface area contributed by atoms with Crippen LogP contribution in [-0.4, -0.2) is 34.8 Å². The van der Waals surface area contributed by atoms with E-state index < -0.39 is 29.8 Å². The Morgan fingerprint density at radius 3 is 2.39 bits per heavy atom. The molecule has 1 saturated heterocycles. The van der Waals surface area contributed by atoms with Crippen LogP contribution < -0.4 is 20.1 Å². The number of imide groups is 1. The number of ether oxygens (including phenoxy) is 3. The van der Waals surface area contributed by atoms with Gasteiger partial charge in [-0.05, 0) is 60.5 Å². The van der Waals surface area contributed by atoms with Gasteiger partial charge < -0.3 is 19.1 Å². The zero-order chi connectivity index (χ0) is 30.6. The minimum absolute atomic E-state index is 0.140. The Hall–Kier alpha value is -5.71. The van der Waals surface area contributed by atoms with Crippen LogP contribution in [0.15, 0.2) is 91.0 Å². The number of benzene rings is 4. The molecule has 2 aliphatic rings. The number of hydrogen-bond donors (Lipinski definition) is 2. The Morgan fingerprint density at radius 2 is 1.64 bits per heavy atom. The molecular weight excluding hydrogens is 569 g/mol. The average molecular weight is 596 g/mol. The van der Waals surface area contributed by atoms with Crippen molar-refractivity contribution in [1.82, 2.24) is 10.2 Å². The highest BCUT2D eigenvalue weighted by Gasteiger charge is 2.41. The van der Waals surface area contributed by atoms with Crippen molar-refractivity contribution >= 4 is 29.5 Å². The van der Waals surface area contributed by atoms with E-state index in [1.54, 1.807) is 66.7 Å². The van der Waals surface area contributed by atoms with E-state index in [1.165, 1.54) is 23.1 Å². The van der Waals surface area contributed by atoms with Crippen LogP contribution in [0.3, 0.4) is 0 Å². The van der Waals surface area contributed by atoms with Crippen LogP contribution in [0.4, 0.5) is 14.9 Å². The molecule has 0 bridgehead atoms. The van der Waals surface area contributed by atoms with Gasteiger partial charge in [0.2, 0.25) is 11.8 Å². The molecule has 10 nitrogen and oxygen atoms in total. The van der Waals surface area contributed by atoms with Crippen LogP contribution in [0.2, 0.25) is 0 Å². The lowest BCUT2D eigenvalue weighted by atomic mass is 10.0. The van der Waals surface area contributed by atoms with Crippen LogP contribution in [0.25, 0.3) is 0 Å². The predicted octanol–water partition coefficient (Wildman–Crippen LogP) is 5.92. The average Bonchev–Trinajstić information content (AvgIpc) is 3.34. The molecule has 0 spiro atoms. The van der Waals surface area contributed by atoms with Gasteiger partial charge in [-0.15, -0.1) is 0 Å².